The van der Waals surface area contributed by atoms with E-state index in [0.29, 0.717) is 31.5 Å². The Morgan fingerprint density at radius 3 is 1.72 bits per heavy atom. The van der Waals surface area contributed by atoms with Gasteiger partial charge in [-0.3, -0.25) is 0 Å². The quantitative estimate of drug-likeness (QED) is 0.243. The molecule has 2 amide bonds. The van der Waals surface area contributed by atoms with Crippen molar-refractivity contribution < 1.29 is 35.9 Å². The largest absolute Gasteiger partial charge is 0.444 e. The molecule has 43 heavy (non-hydrogen) atoms. The van der Waals surface area contributed by atoms with Crippen LogP contribution in [0, 0.1) is 23.7 Å². The van der Waals surface area contributed by atoms with Gasteiger partial charge in [-0.2, -0.15) is 21.6 Å². The van der Waals surface area contributed by atoms with E-state index in [1.165, 1.54) is 0 Å². The van der Waals surface area contributed by atoms with Crippen molar-refractivity contribution in [2.75, 3.05) is 39.3 Å². The van der Waals surface area contributed by atoms with E-state index in [0.717, 1.165) is 38.8 Å². The number of ether oxygens (including phenoxy) is 2. The van der Waals surface area contributed by atoms with E-state index in [-0.39, 0.29) is 36.9 Å². The number of nitrogens with one attached hydrogen (secondary N) is 4. The van der Waals surface area contributed by atoms with Gasteiger partial charge >= 0.3 is 22.4 Å². The minimum absolute atomic E-state index is 0. The summed E-state index contributed by atoms with van der Waals surface area (Å²) in [4.78, 5) is 25.4. The summed E-state index contributed by atoms with van der Waals surface area (Å²) in [5.74, 6) is 1.28. The molecule has 2 aliphatic heterocycles. The Balaban J connectivity index is 0.000000987. The maximum atomic E-state index is 12.1. The monoisotopic (exact) mass is 678 g/mol. The van der Waals surface area contributed by atoms with Crippen molar-refractivity contribution in [3.05, 3.63) is 0 Å². The van der Waals surface area contributed by atoms with Crippen LogP contribution in [-0.4, -0.2) is 84.4 Å². The number of carbonyl (C=O) groups excluding carboxylic acids is 2. The summed E-state index contributed by atoms with van der Waals surface area (Å²) < 4.78 is 62.3. The predicted molar refractivity (Wildman–Crippen MR) is 169 cm³/mol. The minimum Gasteiger partial charge on any atom is -0.444 e. The first kappa shape index (κ1) is 41.6. The third-order valence-corrected chi connectivity index (χ3v) is 8.55. The van der Waals surface area contributed by atoms with Gasteiger partial charge in [0.05, 0.1) is 0 Å². The highest BCUT2D eigenvalue weighted by Crippen LogP contribution is 2.26. The molecule has 2 rings (SSSR count). The van der Waals surface area contributed by atoms with Gasteiger partial charge in [-0.1, -0.05) is 13.8 Å². The van der Waals surface area contributed by atoms with Gasteiger partial charge in [0, 0.05) is 26.2 Å². The second kappa shape index (κ2) is 17.9. The zero-order chi connectivity index (χ0) is 32.4. The van der Waals surface area contributed by atoms with Gasteiger partial charge in [0.1, 0.15) is 11.2 Å². The molecule has 2 heterocycles. The summed E-state index contributed by atoms with van der Waals surface area (Å²) in [6, 6.07) is 0. The first-order chi connectivity index (χ1) is 19.1. The van der Waals surface area contributed by atoms with Gasteiger partial charge in [-0.15, -0.1) is 12.4 Å². The molecule has 2 atom stereocenters. The average molecular weight is 679 g/mol. The van der Waals surface area contributed by atoms with Crippen molar-refractivity contribution in [3.63, 3.8) is 0 Å². The summed E-state index contributed by atoms with van der Waals surface area (Å²) in [7, 11) is -7.51. The van der Waals surface area contributed by atoms with Crippen LogP contribution in [0.5, 0.6) is 0 Å². The van der Waals surface area contributed by atoms with E-state index in [1.807, 2.05) is 32.4 Å². The number of rotatable bonds is 9. The van der Waals surface area contributed by atoms with Crippen LogP contribution < -0.4 is 24.6 Å². The summed E-state index contributed by atoms with van der Waals surface area (Å²) in [6.45, 7) is 18.3. The van der Waals surface area contributed by atoms with Crippen LogP contribution in [-0.2, 0) is 29.9 Å². The van der Waals surface area contributed by atoms with Crippen molar-refractivity contribution in [1.29, 1.82) is 0 Å². The Morgan fingerprint density at radius 1 is 0.837 bits per heavy atom. The molecule has 0 radical (unpaired) electrons. The lowest BCUT2D eigenvalue weighted by Crippen LogP contribution is -2.46. The molecule has 2 saturated heterocycles. The number of piperidine rings is 2. The van der Waals surface area contributed by atoms with Crippen LogP contribution >= 0.6 is 12.4 Å². The van der Waals surface area contributed by atoms with E-state index in [9.17, 15) is 26.4 Å². The van der Waals surface area contributed by atoms with Gasteiger partial charge in [0.2, 0.25) is 0 Å². The van der Waals surface area contributed by atoms with Crippen molar-refractivity contribution in [2.24, 2.45) is 28.8 Å². The summed E-state index contributed by atoms with van der Waals surface area (Å²) in [5, 5.41) is 8.14. The van der Waals surface area contributed by atoms with Gasteiger partial charge < -0.3 is 19.7 Å². The third-order valence-electron chi connectivity index (χ3n) is 7.00. The standard InChI is InChI=1S/C18H35N3O6S.C8H19N3O2S.ClH/c1-13(12-19-28(24,25)20-15(22)26-17(2,3)4)14-8-10-21(11-9-14)16(23)27-18(5,6)7;1-7(6-11-14(9,12)13)8-2-4-10-5-3-8;/h13-14,19H,8-12H2,1-7H3,(H,20,22);7-8,10-11H,2-6H2,1H3,(H2,9,12,13);1H. The molecule has 2 unspecified atom stereocenters. The average Bonchev–Trinajstić information content (AvgIpc) is 2.84. The van der Waals surface area contributed by atoms with E-state index >= 15 is 0 Å². The molecule has 256 valence electrons. The second-order valence-electron chi connectivity index (χ2n) is 13.2. The Hall–Kier alpha value is -1.43. The first-order valence-electron chi connectivity index (χ1n) is 14.5. The Bertz CT molecular complexity index is 1070. The lowest BCUT2D eigenvalue weighted by Gasteiger charge is -2.35. The van der Waals surface area contributed by atoms with E-state index < -0.39 is 37.7 Å². The number of carbonyl (C=O) groups is 2. The SMILES string of the molecule is CC(CNS(=O)(=O)NC(=O)OC(C)(C)C)C1CCN(C(=O)OC(C)(C)C)CC1.CC(CNS(N)(=O)=O)C1CCNCC1.Cl. The number of hydrogen-bond acceptors (Lipinski definition) is 9. The molecule has 6 N–H and O–H groups in total. The van der Waals surface area contributed by atoms with Crippen LogP contribution in [0.4, 0.5) is 9.59 Å². The van der Waals surface area contributed by atoms with Crippen LogP contribution in [0.15, 0.2) is 0 Å². The number of nitrogens with two attached hydrogens (primary N) is 1. The third kappa shape index (κ3) is 19.5. The molecule has 14 nitrogen and oxygen atoms in total. The Morgan fingerprint density at radius 2 is 1.28 bits per heavy atom. The fourth-order valence-corrected chi connectivity index (χ4v) is 5.97. The molecule has 0 aromatic carbocycles. The molecule has 2 fully saturated rings. The molecule has 0 saturated carbocycles. The Labute approximate surface area is 265 Å². The predicted octanol–water partition coefficient (Wildman–Crippen LogP) is 2.47. The van der Waals surface area contributed by atoms with Gasteiger partial charge in [-0.25, -0.2) is 24.2 Å². The molecule has 0 spiro atoms. The van der Waals surface area contributed by atoms with Crippen molar-refractivity contribution in [1.82, 2.24) is 24.4 Å². The number of nitrogens with zero attached hydrogens (tertiary/aromatic N) is 1. The molecule has 0 bridgehead atoms. The molecule has 0 aromatic rings. The molecule has 0 aromatic heterocycles. The zero-order valence-corrected chi connectivity index (χ0v) is 29.3. The highest BCUT2D eigenvalue weighted by atomic mass is 35.5. The molecular formula is C26H55ClN6O8S2. The van der Waals surface area contributed by atoms with Crippen molar-refractivity contribution in [2.45, 2.75) is 92.3 Å². The number of amides is 2. The molecule has 2 aliphatic rings. The van der Waals surface area contributed by atoms with E-state index in [4.69, 9.17) is 14.6 Å². The van der Waals surface area contributed by atoms with Crippen molar-refractivity contribution in [3.8, 4) is 0 Å². The molecular weight excluding hydrogens is 624 g/mol. The Kier molecular flexibility index (Phi) is 17.3. The number of likely N-dealkylation sites (tertiary alicyclic amines) is 1. The topological polar surface area (TPSA) is 198 Å². The maximum absolute atomic E-state index is 12.1. The highest BCUT2D eigenvalue weighted by Gasteiger charge is 2.30. The highest BCUT2D eigenvalue weighted by molar-refractivity contribution is 7.88. The molecule has 0 aliphatic carbocycles. The van der Waals surface area contributed by atoms with Gasteiger partial charge in [0.15, 0.2) is 0 Å². The summed E-state index contributed by atoms with van der Waals surface area (Å²) in [6.07, 6.45) is 2.43. The lowest BCUT2D eigenvalue weighted by molar-refractivity contribution is 0.0164. The summed E-state index contributed by atoms with van der Waals surface area (Å²) in [5.41, 5.74) is -1.31. The van der Waals surface area contributed by atoms with Crippen LogP contribution in [0.2, 0.25) is 0 Å². The fraction of sp³-hybridized carbons (Fsp3) is 0.923. The van der Waals surface area contributed by atoms with Gasteiger partial charge in [0.25, 0.3) is 10.2 Å². The van der Waals surface area contributed by atoms with Crippen molar-refractivity contribution >= 4 is 45.0 Å². The van der Waals surface area contributed by atoms with E-state index in [1.54, 1.807) is 25.7 Å². The van der Waals surface area contributed by atoms with Gasteiger partial charge in [-0.05, 0) is 104 Å². The van der Waals surface area contributed by atoms with Crippen LogP contribution in [0.3, 0.4) is 0 Å². The second-order valence-corrected chi connectivity index (χ2v) is 16.1. The van der Waals surface area contributed by atoms with Crippen LogP contribution in [0.25, 0.3) is 0 Å². The van der Waals surface area contributed by atoms with Crippen LogP contribution in [0.1, 0.15) is 81.1 Å². The fourth-order valence-electron chi connectivity index (χ4n) is 4.66. The number of hydrogen-bond donors (Lipinski definition) is 5. The smallest absolute Gasteiger partial charge is 0.422 e. The normalized spacial score (nSPS) is 18.8. The summed E-state index contributed by atoms with van der Waals surface area (Å²) >= 11 is 0. The maximum Gasteiger partial charge on any atom is 0.422 e. The zero-order valence-electron chi connectivity index (χ0n) is 26.9. The first-order valence-corrected chi connectivity index (χ1v) is 17.6. The minimum atomic E-state index is -3.99. The lowest BCUT2D eigenvalue weighted by atomic mass is 9.85. The number of halogens is 1. The van der Waals surface area contributed by atoms with E-state index in [2.05, 4.69) is 21.7 Å². The molecule has 17 heteroatoms.